The van der Waals surface area contributed by atoms with Gasteiger partial charge in [0.1, 0.15) is 18.7 Å². The second-order valence-electron chi connectivity index (χ2n) is 5.58. The Hall–Kier alpha value is -1.42. The number of rotatable bonds is 8. The first-order chi connectivity index (χ1) is 9.35. The van der Waals surface area contributed by atoms with Gasteiger partial charge < -0.3 is 35.4 Å². The molecule has 0 saturated carbocycles. The Morgan fingerprint density at radius 3 is 1.91 bits per heavy atom. The van der Waals surface area contributed by atoms with Crippen molar-refractivity contribution in [2.45, 2.75) is 31.4 Å². The van der Waals surface area contributed by atoms with Crippen LogP contribution in [0.1, 0.15) is 19.3 Å². The number of aliphatic hydroxyl groups is 1. The Labute approximate surface area is 135 Å². The van der Waals surface area contributed by atoms with E-state index in [1.54, 1.807) is 0 Å². The van der Waals surface area contributed by atoms with E-state index in [4.69, 9.17) is 21.1 Å². The average Bonchev–Trinajstić information content (AvgIpc) is 2.22. The van der Waals surface area contributed by atoms with Crippen LogP contribution in [0.4, 0.5) is 0 Å². The fourth-order valence-electron chi connectivity index (χ4n) is 1.29. The topological polar surface area (TPSA) is 161 Å². The lowest BCUT2D eigenvalue weighted by Gasteiger charge is -2.26. The third kappa shape index (κ3) is 20.9. The quantitative estimate of drug-likeness (QED) is 0.363. The summed E-state index contributed by atoms with van der Waals surface area (Å²) in [4.78, 5) is 29.9. The molecule has 0 unspecified atom stereocenters. The number of aliphatic hydroxyl groups excluding tert-OH is 1. The third-order valence-electron chi connectivity index (χ3n) is 2.15. The van der Waals surface area contributed by atoms with Crippen LogP contribution < -0.4 is 10.8 Å². The van der Waals surface area contributed by atoms with Crippen molar-refractivity contribution >= 4 is 30.3 Å². The maximum absolute atomic E-state index is 10.0. The maximum atomic E-state index is 10.0. The van der Waals surface area contributed by atoms with Crippen molar-refractivity contribution in [3.8, 4) is 0 Å². The van der Waals surface area contributed by atoms with Gasteiger partial charge in [-0.05, 0) is 6.42 Å². The molecule has 5 N–H and O–H groups in total. The summed E-state index contributed by atoms with van der Waals surface area (Å²) in [6.07, 6.45) is -1.31. The van der Waals surface area contributed by atoms with E-state index in [-0.39, 0.29) is 31.7 Å². The van der Waals surface area contributed by atoms with Crippen LogP contribution in [0, 0.1) is 0 Å². The lowest BCUT2D eigenvalue weighted by molar-refractivity contribution is -0.873. The second-order valence-corrected chi connectivity index (χ2v) is 5.58. The number of likely N-dealkylation sites (N-methyl/N-ethyl adjacent to an activating group) is 1. The number of hydrogen-bond donors (Lipinski definition) is 4. The molecule has 0 aromatic rings. The summed E-state index contributed by atoms with van der Waals surface area (Å²) in [6, 6.07) is -1.06. The molecule has 0 aliphatic heterocycles. The van der Waals surface area contributed by atoms with Crippen molar-refractivity contribution in [3.05, 3.63) is 0 Å². The minimum absolute atomic E-state index is 0. The predicted molar refractivity (Wildman–Crippen MR) is 78.3 cm³/mol. The zero-order chi connectivity index (χ0) is 17.2. The van der Waals surface area contributed by atoms with Crippen molar-refractivity contribution in [1.82, 2.24) is 0 Å². The molecule has 0 bridgehead atoms. The van der Waals surface area contributed by atoms with E-state index in [0.29, 0.717) is 11.0 Å². The van der Waals surface area contributed by atoms with Crippen LogP contribution in [-0.2, 0) is 14.4 Å². The normalized spacial score (nSPS) is 13.0. The van der Waals surface area contributed by atoms with Gasteiger partial charge in [0.25, 0.3) is 0 Å². The van der Waals surface area contributed by atoms with Crippen LogP contribution in [0.15, 0.2) is 0 Å². The monoisotopic (exact) mass is 344 g/mol. The number of carbonyl (C=O) groups is 3. The molecule has 0 heterocycles. The fourth-order valence-corrected chi connectivity index (χ4v) is 1.29. The molecule has 0 aliphatic carbocycles. The lowest BCUT2D eigenvalue weighted by atomic mass is 10.2. The highest BCUT2D eigenvalue weighted by Gasteiger charge is 2.15. The van der Waals surface area contributed by atoms with E-state index in [1.807, 2.05) is 21.1 Å². The number of carboxylic acid groups (broad SMARTS) is 3. The molecular formula is C12H25ClN2O7. The van der Waals surface area contributed by atoms with Gasteiger partial charge in [-0.3, -0.25) is 9.59 Å². The van der Waals surface area contributed by atoms with Gasteiger partial charge in [-0.25, -0.2) is 0 Å². The Bertz CT molecular complexity index is 358. The van der Waals surface area contributed by atoms with Crippen LogP contribution in [-0.4, -0.2) is 77.5 Å². The number of quaternary nitrogens is 1. The zero-order valence-electron chi connectivity index (χ0n) is 12.9. The van der Waals surface area contributed by atoms with Gasteiger partial charge in [0.15, 0.2) is 0 Å². The van der Waals surface area contributed by atoms with Gasteiger partial charge in [-0.1, -0.05) is 0 Å². The molecule has 0 fully saturated rings. The van der Waals surface area contributed by atoms with Crippen molar-refractivity contribution in [3.63, 3.8) is 0 Å². The van der Waals surface area contributed by atoms with Crippen molar-refractivity contribution < 1.29 is 39.3 Å². The summed E-state index contributed by atoms with van der Waals surface area (Å²) in [5, 5.41) is 35.4. The van der Waals surface area contributed by atoms with Gasteiger partial charge >= 0.3 is 11.9 Å². The van der Waals surface area contributed by atoms with E-state index in [1.165, 1.54) is 0 Å². The second kappa shape index (κ2) is 12.2. The molecule has 10 heteroatoms. The molecular weight excluding hydrogens is 320 g/mol. The highest BCUT2D eigenvalue weighted by Crippen LogP contribution is 1.97. The van der Waals surface area contributed by atoms with Crippen molar-refractivity contribution in [2.75, 3.05) is 27.7 Å². The highest BCUT2D eigenvalue weighted by atomic mass is 35.5. The molecule has 0 aromatic heterocycles. The summed E-state index contributed by atoms with van der Waals surface area (Å²) in [6.45, 7) is 0.425. The number of carbonyl (C=O) groups excluding carboxylic acids is 1. The predicted octanol–water partition coefficient (Wildman–Crippen LogP) is -2.12. The highest BCUT2D eigenvalue weighted by molar-refractivity contribution is 5.85. The van der Waals surface area contributed by atoms with Gasteiger partial charge in [0.2, 0.25) is 0 Å². The van der Waals surface area contributed by atoms with E-state index in [9.17, 15) is 19.5 Å². The number of aliphatic carboxylic acids is 3. The summed E-state index contributed by atoms with van der Waals surface area (Å²) < 4.78 is 0.550. The standard InChI is InChI=1S/C7H15NO3.C5H9NO4.ClH/c1-8(2,3)5-6(9)4-7(10)11;6-3(5(9)10)1-2-4(7)8;/h6,9H,4-5H2,1-3H3;3H,1-2,6H2,(H,7,8)(H,9,10);1H/t6-;3-;/m10./s1. The minimum Gasteiger partial charge on any atom is -0.550 e. The summed E-state index contributed by atoms with van der Waals surface area (Å²) in [5.41, 5.74) is 5.00. The molecule has 0 amide bonds. The van der Waals surface area contributed by atoms with Crippen molar-refractivity contribution in [1.29, 1.82) is 0 Å². The lowest BCUT2D eigenvalue weighted by Crippen LogP contribution is -2.43. The van der Waals surface area contributed by atoms with Crippen LogP contribution in [0.25, 0.3) is 0 Å². The summed E-state index contributed by atoms with van der Waals surface area (Å²) in [7, 11) is 5.66. The smallest absolute Gasteiger partial charge is 0.320 e. The van der Waals surface area contributed by atoms with E-state index >= 15 is 0 Å². The maximum Gasteiger partial charge on any atom is 0.320 e. The molecule has 0 rings (SSSR count). The van der Waals surface area contributed by atoms with Gasteiger partial charge in [-0.15, -0.1) is 12.4 Å². The van der Waals surface area contributed by atoms with Gasteiger partial charge in [-0.2, -0.15) is 0 Å². The van der Waals surface area contributed by atoms with Crippen molar-refractivity contribution in [2.24, 2.45) is 5.73 Å². The minimum atomic E-state index is -1.20. The molecule has 9 nitrogen and oxygen atoms in total. The molecule has 2 atom stereocenters. The van der Waals surface area contributed by atoms with Crippen LogP contribution in [0.5, 0.6) is 0 Å². The first-order valence-electron chi connectivity index (χ1n) is 6.23. The Morgan fingerprint density at radius 1 is 1.18 bits per heavy atom. The first kappa shape index (κ1) is 25.5. The number of halogens is 1. The SMILES string of the molecule is C[N+](C)(C)C[C@H](O)CC(=O)[O-].Cl.N[C@@H](CCC(=O)O)C(=O)O. The van der Waals surface area contributed by atoms with Crippen LogP contribution in [0.3, 0.4) is 0 Å². The molecule has 0 spiro atoms. The Kier molecular flexibility index (Phi) is 14.1. The molecule has 22 heavy (non-hydrogen) atoms. The molecule has 0 aromatic carbocycles. The van der Waals surface area contributed by atoms with Crippen LogP contribution >= 0.6 is 12.4 Å². The van der Waals surface area contributed by atoms with Gasteiger partial charge in [0, 0.05) is 18.8 Å². The number of carboxylic acids is 3. The molecule has 0 aliphatic rings. The van der Waals surface area contributed by atoms with Gasteiger partial charge in [0.05, 0.1) is 21.1 Å². The largest absolute Gasteiger partial charge is 0.550 e. The Morgan fingerprint density at radius 2 is 1.64 bits per heavy atom. The fraction of sp³-hybridized carbons (Fsp3) is 0.750. The average molecular weight is 345 g/mol. The van der Waals surface area contributed by atoms with Crippen LogP contribution in [0.2, 0.25) is 0 Å². The molecule has 132 valence electrons. The van der Waals surface area contributed by atoms with E-state index < -0.39 is 30.1 Å². The van der Waals surface area contributed by atoms with E-state index in [0.717, 1.165) is 0 Å². The summed E-state index contributed by atoms with van der Waals surface area (Å²) >= 11 is 0. The first-order valence-corrected chi connectivity index (χ1v) is 6.23. The zero-order valence-corrected chi connectivity index (χ0v) is 13.7. The number of nitrogens with two attached hydrogens (primary N) is 1. The van der Waals surface area contributed by atoms with E-state index in [2.05, 4.69) is 0 Å². The number of hydrogen-bond acceptors (Lipinski definition) is 6. The summed E-state index contributed by atoms with van der Waals surface area (Å²) in [5.74, 6) is -3.40. The third-order valence-corrected chi connectivity index (χ3v) is 2.15. The molecule has 0 saturated heterocycles. The Balaban J connectivity index is -0.000000315. The molecule has 0 radical (unpaired) electrons. The number of nitrogens with zero attached hydrogens (tertiary/aromatic N) is 1.